The molecule has 1 aromatic heterocycles. The number of carbonyl (C=O) groups is 4. The van der Waals surface area contributed by atoms with Gasteiger partial charge in [0.25, 0.3) is 5.91 Å². The van der Waals surface area contributed by atoms with Crippen LogP contribution in [0.1, 0.15) is 42.7 Å². The lowest BCUT2D eigenvalue weighted by Gasteiger charge is -2.36. The maximum Gasteiger partial charge on any atom is 0.409 e. The lowest BCUT2D eigenvalue weighted by Crippen LogP contribution is -2.56. The zero-order valence-electron chi connectivity index (χ0n) is 28.1. The van der Waals surface area contributed by atoms with Crippen LogP contribution in [0.3, 0.4) is 0 Å². The van der Waals surface area contributed by atoms with Gasteiger partial charge in [0.2, 0.25) is 5.91 Å². The van der Waals surface area contributed by atoms with E-state index in [9.17, 15) is 19.2 Å². The van der Waals surface area contributed by atoms with Crippen molar-refractivity contribution in [3.8, 4) is 11.4 Å². The Morgan fingerprint density at radius 2 is 1.51 bits per heavy atom. The second-order valence-electron chi connectivity index (χ2n) is 12.8. The maximum absolute atomic E-state index is 14.0. The van der Waals surface area contributed by atoms with Gasteiger partial charge in [-0.1, -0.05) is 74.0 Å². The predicted molar refractivity (Wildman–Crippen MR) is 183 cm³/mol. The molecule has 6 rings (SSSR count). The van der Waals surface area contributed by atoms with E-state index < -0.39 is 11.9 Å². The summed E-state index contributed by atoms with van der Waals surface area (Å²) in [6, 6.07) is 19.8. The molecule has 0 bridgehead atoms. The van der Waals surface area contributed by atoms with E-state index in [4.69, 9.17) is 14.5 Å². The van der Waals surface area contributed by atoms with E-state index in [1.807, 2.05) is 74.5 Å². The Morgan fingerprint density at radius 3 is 2.16 bits per heavy atom. The third-order valence-electron chi connectivity index (χ3n) is 9.51. The van der Waals surface area contributed by atoms with Gasteiger partial charge < -0.3 is 29.5 Å². The van der Waals surface area contributed by atoms with Crippen molar-refractivity contribution in [2.24, 2.45) is 17.8 Å². The van der Waals surface area contributed by atoms with E-state index in [1.54, 1.807) is 15.9 Å². The average molecular weight is 669 g/mol. The number of nitrogens with one attached hydrogen (secondary N) is 1. The number of rotatable bonds is 12. The van der Waals surface area contributed by atoms with Crippen LogP contribution in [0.5, 0.6) is 0 Å². The number of carbonyl (C=O) groups excluding carboxylic acids is 4. The number of piperazine rings is 1. The molecule has 2 aliphatic heterocycles. The third-order valence-corrected chi connectivity index (χ3v) is 9.51. The van der Waals surface area contributed by atoms with Crippen molar-refractivity contribution in [3.05, 3.63) is 78.0 Å². The molecule has 1 aliphatic carbocycles. The molecule has 0 spiro atoms. The number of nitrogens with zero attached hydrogens (tertiary/aromatic N) is 5. The number of anilines is 1. The molecule has 1 N–H and O–H groups in total. The number of fused-ring (bicyclic) bond motifs is 1. The Balaban J connectivity index is 1.19. The monoisotopic (exact) mass is 668 g/mol. The Morgan fingerprint density at radius 1 is 0.857 bits per heavy atom. The van der Waals surface area contributed by atoms with Gasteiger partial charge >= 0.3 is 12.1 Å². The lowest BCUT2D eigenvalue weighted by atomic mass is 10.0. The fourth-order valence-electron chi connectivity index (χ4n) is 6.74. The van der Waals surface area contributed by atoms with Crippen molar-refractivity contribution in [2.45, 2.75) is 39.2 Å². The minimum atomic E-state index is -0.860. The fourth-order valence-corrected chi connectivity index (χ4v) is 6.74. The predicted octanol–water partition coefficient (Wildman–Crippen LogP) is 3.81. The highest BCUT2D eigenvalue weighted by atomic mass is 16.6. The first-order valence-corrected chi connectivity index (χ1v) is 17.3. The van der Waals surface area contributed by atoms with Crippen molar-refractivity contribution < 1.29 is 28.7 Å². The van der Waals surface area contributed by atoms with E-state index in [2.05, 4.69) is 15.2 Å². The molecule has 3 aromatic rings. The van der Waals surface area contributed by atoms with Crippen LogP contribution in [0, 0.1) is 17.8 Å². The molecular formula is C37H44N6O6. The molecule has 1 saturated carbocycles. The number of benzene rings is 2. The van der Waals surface area contributed by atoms with Gasteiger partial charge in [0, 0.05) is 57.3 Å². The van der Waals surface area contributed by atoms with Crippen LogP contribution in [-0.2, 0) is 25.5 Å². The van der Waals surface area contributed by atoms with Gasteiger partial charge in [-0.2, -0.15) is 0 Å². The van der Waals surface area contributed by atoms with E-state index in [1.165, 1.54) is 0 Å². The van der Waals surface area contributed by atoms with Gasteiger partial charge in [-0.3, -0.25) is 14.4 Å². The summed E-state index contributed by atoms with van der Waals surface area (Å²) in [7, 11) is 0. The first-order valence-electron chi connectivity index (χ1n) is 17.3. The first kappa shape index (κ1) is 33.9. The number of hydrogen-bond acceptors (Lipinski definition) is 9. The van der Waals surface area contributed by atoms with Crippen LogP contribution in [0.15, 0.2) is 66.7 Å². The second-order valence-corrected chi connectivity index (χ2v) is 12.8. The van der Waals surface area contributed by atoms with Crippen LogP contribution < -0.4 is 10.2 Å². The summed E-state index contributed by atoms with van der Waals surface area (Å²) < 4.78 is 10.6. The molecule has 3 amide bonds. The SMILES string of the molecule is CCCCOC(=O)N1CCN(C(=O)[C@H](Cc2ccccc2)NC(=O)c2cc(N3CC4C(C3)C4C(=O)OCC)nc(-c3ccccc3)n2)CC1. The Labute approximate surface area is 286 Å². The number of unbranched alkanes of at least 4 members (excludes halogenated alkanes) is 1. The van der Waals surface area contributed by atoms with Gasteiger partial charge in [0.1, 0.15) is 17.6 Å². The molecule has 3 heterocycles. The minimum Gasteiger partial charge on any atom is -0.466 e. The number of ether oxygens (including phenoxy) is 2. The normalized spacial score (nSPS) is 20.3. The topological polar surface area (TPSA) is 134 Å². The highest BCUT2D eigenvalue weighted by Gasteiger charge is 2.60. The first-order chi connectivity index (χ1) is 23.9. The number of esters is 1. The van der Waals surface area contributed by atoms with Crippen LogP contribution >= 0.6 is 0 Å². The van der Waals surface area contributed by atoms with Crippen LogP contribution in [0.25, 0.3) is 11.4 Å². The summed E-state index contributed by atoms with van der Waals surface area (Å²) in [6.45, 7) is 7.23. The molecule has 12 nitrogen and oxygen atoms in total. The van der Waals surface area contributed by atoms with Gasteiger partial charge in [-0.05, 0) is 30.7 Å². The highest BCUT2D eigenvalue weighted by molar-refractivity contribution is 5.97. The number of amides is 3. The summed E-state index contributed by atoms with van der Waals surface area (Å²) in [4.78, 5) is 67.8. The quantitative estimate of drug-likeness (QED) is 0.226. The van der Waals surface area contributed by atoms with Crippen LogP contribution in [0.4, 0.5) is 10.6 Å². The third kappa shape index (κ3) is 8.01. The van der Waals surface area contributed by atoms with Crippen LogP contribution in [-0.4, -0.2) is 102 Å². The van der Waals surface area contributed by atoms with Crippen molar-refractivity contribution in [1.29, 1.82) is 0 Å². The molecule has 12 heteroatoms. The fraction of sp³-hybridized carbons (Fsp3) is 0.459. The largest absolute Gasteiger partial charge is 0.466 e. The highest BCUT2D eigenvalue weighted by Crippen LogP contribution is 2.53. The molecule has 3 aliphatic rings. The minimum absolute atomic E-state index is 0.0901. The molecule has 2 aromatic carbocycles. The van der Waals surface area contributed by atoms with Crippen LogP contribution in [0.2, 0.25) is 0 Å². The number of hydrogen-bond donors (Lipinski definition) is 1. The number of piperidine rings is 1. The second kappa shape index (κ2) is 15.5. The maximum atomic E-state index is 14.0. The van der Waals surface area contributed by atoms with Crippen molar-refractivity contribution in [3.63, 3.8) is 0 Å². The van der Waals surface area contributed by atoms with Crippen molar-refractivity contribution in [2.75, 3.05) is 57.4 Å². The van der Waals surface area contributed by atoms with Gasteiger partial charge in [-0.25, -0.2) is 14.8 Å². The molecule has 3 atom stereocenters. The Bertz CT molecular complexity index is 1620. The Hall–Kier alpha value is -5.00. The van der Waals surface area contributed by atoms with E-state index in [0.717, 1.165) is 24.0 Å². The summed E-state index contributed by atoms with van der Waals surface area (Å²) in [5.41, 5.74) is 1.81. The molecular weight excluding hydrogens is 624 g/mol. The standard InChI is InChI=1S/C37H44N6O6/c1-3-5-20-49-37(47)42-18-16-41(17-19-42)35(45)30(21-25-12-8-6-9-13-25)39-34(44)29-22-31(40-33(38-29)26-14-10-7-11-15-26)43-23-27-28(24-43)32(27)36(46)48-4-2/h6-15,22,27-28,30,32H,3-5,16-21,23-24H2,1-2H3,(H,39,44)/t27?,28?,30-,32?/m0/s1. The van der Waals surface area contributed by atoms with E-state index in [-0.39, 0.29) is 41.4 Å². The molecule has 2 unspecified atom stereocenters. The smallest absolute Gasteiger partial charge is 0.409 e. The zero-order valence-corrected chi connectivity index (χ0v) is 28.1. The summed E-state index contributed by atoms with van der Waals surface area (Å²) in [6.07, 6.45) is 1.67. The van der Waals surface area contributed by atoms with Gasteiger partial charge in [0.05, 0.1) is 19.1 Å². The van der Waals surface area contributed by atoms with Crippen molar-refractivity contribution in [1.82, 2.24) is 25.1 Å². The molecule has 258 valence electrons. The lowest BCUT2D eigenvalue weighted by molar-refractivity contribution is -0.145. The van der Waals surface area contributed by atoms with E-state index >= 15 is 0 Å². The molecule has 2 saturated heterocycles. The molecule has 3 fully saturated rings. The van der Waals surface area contributed by atoms with Gasteiger partial charge in [-0.15, -0.1) is 0 Å². The summed E-state index contributed by atoms with van der Waals surface area (Å²) >= 11 is 0. The summed E-state index contributed by atoms with van der Waals surface area (Å²) in [5.74, 6) is 0.441. The van der Waals surface area contributed by atoms with Gasteiger partial charge in [0.15, 0.2) is 5.82 Å². The van der Waals surface area contributed by atoms with E-state index in [0.29, 0.717) is 70.5 Å². The zero-order chi connectivity index (χ0) is 34.3. The Kier molecular flexibility index (Phi) is 10.7. The average Bonchev–Trinajstić information content (AvgIpc) is 3.64. The van der Waals surface area contributed by atoms with Crippen molar-refractivity contribution >= 4 is 29.7 Å². The number of aromatic nitrogens is 2. The summed E-state index contributed by atoms with van der Waals surface area (Å²) in [5, 5.41) is 2.99. The molecule has 49 heavy (non-hydrogen) atoms. The molecule has 0 radical (unpaired) electrons.